The molecule has 1 N–H and O–H groups in total. The van der Waals surface area contributed by atoms with Gasteiger partial charge in [0.1, 0.15) is 10.5 Å². The summed E-state index contributed by atoms with van der Waals surface area (Å²) in [6.07, 6.45) is 7.61. The Morgan fingerprint density at radius 1 is 0.512 bits per heavy atom. The summed E-state index contributed by atoms with van der Waals surface area (Å²) in [5.41, 5.74) is 5.95. The van der Waals surface area contributed by atoms with Crippen LogP contribution < -0.4 is 5.32 Å². The van der Waals surface area contributed by atoms with Crippen molar-refractivity contribution in [2.75, 3.05) is 13.1 Å². The quantitative estimate of drug-likeness (QED) is 0.253. The monoisotopic (exact) mass is 611 g/mol. The minimum Gasteiger partial charge on any atom is -0.313 e. The molecule has 6 nitrogen and oxygen atoms in total. The maximum Gasteiger partial charge on any atom is 0.189 e. The maximum absolute atomic E-state index is 13.5. The van der Waals surface area contributed by atoms with Crippen LogP contribution in [0.25, 0.3) is 24.3 Å². The second kappa shape index (κ2) is 12.6. The molecule has 0 amide bonds. The van der Waals surface area contributed by atoms with E-state index in [4.69, 9.17) is 0 Å². The molecule has 2 unspecified atom stereocenters. The Morgan fingerprint density at radius 2 is 0.791 bits per heavy atom. The second-order valence-electron chi connectivity index (χ2n) is 10.8. The van der Waals surface area contributed by atoms with Gasteiger partial charge in [-0.15, -0.1) is 0 Å². The first-order valence-corrected chi connectivity index (χ1v) is 17.1. The number of sulfone groups is 2. The third kappa shape index (κ3) is 6.94. The number of hydrogen-bond donors (Lipinski definition) is 1. The van der Waals surface area contributed by atoms with E-state index in [1.807, 2.05) is 86.7 Å². The molecule has 220 valence electrons. The first-order valence-electron chi connectivity index (χ1n) is 14.0. The van der Waals surface area contributed by atoms with Gasteiger partial charge in [0, 0.05) is 13.1 Å². The van der Waals surface area contributed by atoms with Crippen molar-refractivity contribution in [1.29, 1.82) is 0 Å². The Morgan fingerprint density at radius 3 is 1.09 bits per heavy atom. The van der Waals surface area contributed by atoms with E-state index in [0.717, 1.165) is 33.4 Å². The summed E-state index contributed by atoms with van der Waals surface area (Å²) in [5.74, 6) is -0.814. The van der Waals surface area contributed by atoms with Crippen molar-refractivity contribution in [1.82, 2.24) is 5.32 Å². The molecule has 0 radical (unpaired) electrons. The van der Waals surface area contributed by atoms with Crippen molar-refractivity contribution in [2.24, 2.45) is 0 Å². The van der Waals surface area contributed by atoms with Crippen molar-refractivity contribution in [3.63, 3.8) is 0 Å². The molecule has 8 heteroatoms. The van der Waals surface area contributed by atoms with Crippen LogP contribution in [0.4, 0.5) is 0 Å². The van der Waals surface area contributed by atoms with Crippen LogP contribution in [0.2, 0.25) is 0 Å². The zero-order valence-corrected chi connectivity index (χ0v) is 25.6. The molecular formula is C35H33NO5S2. The third-order valence-corrected chi connectivity index (χ3v) is 11.7. The lowest BCUT2D eigenvalue weighted by molar-refractivity contribution is -0.119. The summed E-state index contributed by atoms with van der Waals surface area (Å²) >= 11 is 0. The van der Waals surface area contributed by atoms with Crippen LogP contribution in [-0.2, 0) is 24.5 Å². The topological polar surface area (TPSA) is 97.4 Å². The largest absolute Gasteiger partial charge is 0.313 e. The van der Waals surface area contributed by atoms with E-state index in [-0.39, 0.29) is 22.9 Å². The highest BCUT2D eigenvalue weighted by Crippen LogP contribution is 2.26. The van der Waals surface area contributed by atoms with E-state index < -0.39 is 36.0 Å². The zero-order valence-electron chi connectivity index (χ0n) is 24.0. The van der Waals surface area contributed by atoms with Gasteiger partial charge in [0.15, 0.2) is 25.5 Å². The van der Waals surface area contributed by atoms with E-state index in [2.05, 4.69) is 5.32 Å². The van der Waals surface area contributed by atoms with Gasteiger partial charge in [-0.25, -0.2) is 16.8 Å². The summed E-state index contributed by atoms with van der Waals surface area (Å²) in [5, 5.41) is -0.142. The molecular weight excluding hydrogens is 579 g/mol. The summed E-state index contributed by atoms with van der Waals surface area (Å²) in [4.78, 5) is 13.4. The van der Waals surface area contributed by atoms with Gasteiger partial charge in [0.2, 0.25) is 0 Å². The minimum absolute atomic E-state index is 0.0251. The van der Waals surface area contributed by atoms with Crippen LogP contribution in [0, 0.1) is 13.8 Å². The normalized spacial score (nSPS) is 18.0. The number of benzene rings is 4. The number of ketones is 1. The van der Waals surface area contributed by atoms with Crippen molar-refractivity contribution in [3.8, 4) is 0 Å². The highest BCUT2D eigenvalue weighted by molar-refractivity contribution is 7.94. The van der Waals surface area contributed by atoms with Crippen molar-refractivity contribution >= 4 is 49.8 Å². The SMILES string of the molecule is Cc1ccc(/C=C\c2ccc(S(=O)(=O)C3CNCC(S(=O)(=O)c4ccc(/C=C\c5ccc(C)cc5)cc4)C3=O)cc2)cc1. The predicted octanol–water partition coefficient (Wildman–Crippen LogP) is 5.80. The van der Waals surface area contributed by atoms with Crippen molar-refractivity contribution < 1.29 is 21.6 Å². The molecule has 2 atom stereocenters. The summed E-state index contributed by atoms with van der Waals surface area (Å²) in [7, 11) is -8.26. The fraction of sp³-hybridized carbons (Fsp3) is 0.171. The zero-order chi connectivity index (χ0) is 30.6. The Bertz CT molecular complexity index is 1730. The first kappa shape index (κ1) is 30.4. The summed E-state index contributed by atoms with van der Waals surface area (Å²) in [6.45, 7) is 3.73. The lowest BCUT2D eigenvalue weighted by Crippen LogP contribution is -2.56. The van der Waals surface area contributed by atoms with Gasteiger partial charge in [-0.3, -0.25) is 4.79 Å². The smallest absolute Gasteiger partial charge is 0.189 e. The van der Waals surface area contributed by atoms with E-state index >= 15 is 0 Å². The van der Waals surface area contributed by atoms with Crippen LogP contribution in [0.3, 0.4) is 0 Å². The lowest BCUT2D eigenvalue weighted by atomic mass is 10.1. The Hall–Kier alpha value is -4.11. The van der Waals surface area contributed by atoms with E-state index in [9.17, 15) is 21.6 Å². The summed E-state index contributed by atoms with van der Waals surface area (Å²) < 4.78 is 54.0. The molecule has 0 saturated carbocycles. The van der Waals surface area contributed by atoms with Gasteiger partial charge in [0.05, 0.1) is 9.79 Å². The Labute approximate surface area is 253 Å². The maximum atomic E-state index is 13.5. The van der Waals surface area contributed by atoms with Crippen LogP contribution in [-0.4, -0.2) is 46.2 Å². The molecule has 0 spiro atoms. The van der Waals surface area contributed by atoms with E-state index in [1.165, 1.54) is 24.3 Å². The molecule has 1 saturated heterocycles. The molecule has 1 heterocycles. The first-order chi connectivity index (χ1) is 20.5. The molecule has 1 fully saturated rings. The Kier molecular flexibility index (Phi) is 8.92. The molecule has 1 aliphatic heterocycles. The number of aryl methyl sites for hydroxylation is 2. The fourth-order valence-corrected chi connectivity index (χ4v) is 8.27. The molecule has 5 rings (SSSR count). The van der Waals surface area contributed by atoms with Crippen LogP contribution >= 0.6 is 0 Å². The van der Waals surface area contributed by atoms with Gasteiger partial charge in [-0.05, 0) is 60.4 Å². The van der Waals surface area contributed by atoms with Crippen molar-refractivity contribution in [3.05, 3.63) is 130 Å². The van der Waals surface area contributed by atoms with Crippen LogP contribution in [0.15, 0.2) is 107 Å². The highest BCUT2D eigenvalue weighted by Gasteiger charge is 2.46. The number of Topliss-reactive ketones (excluding diaryl/α,β-unsaturated/α-hetero) is 1. The highest BCUT2D eigenvalue weighted by atomic mass is 32.2. The third-order valence-electron chi connectivity index (χ3n) is 7.55. The van der Waals surface area contributed by atoms with Crippen LogP contribution in [0.5, 0.6) is 0 Å². The molecule has 0 aromatic heterocycles. The molecule has 4 aromatic carbocycles. The number of carbonyl (C=O) groups is 1. The fourth-order valence-electron chi connectivity index (χ4n) is 4.89. The predicted molar refractivity (Wildman–Crippen MR) is 173 cm³/mol. The average Bonchev–Trinajstić information content (AvgIpc) is 3.01. The van der Waals surface area contributed by atoms with Gasteiger partial charge < -0.3 is 5.32 Å². The second-order valence-corrected chi connectivity index (χ2v) is 15.0. The van der Waals surface area contributed by atoms with Gasteiger partial charge in [0.25, 0.3) is 0 Å². The van der Waals surface area contributed by atoms with Gasteiger partial charge in [-0.2, -0.15) is 0 Å². The van der Waals surface area contributed by atoms with E-state index in [0.29, 0.717) is 0 Å². The summed E-state index contributed by atoms with van der Waals surface area (Å²) in [6, 6.07) is 28.5. The molecule has 43 heavy (non-hydrogen) atoms. The molecule has 0 aliphatic carbocycles. The molecule has 0 bridgehead atoms. The number of hydrogen-bond acceptors (Lipinski definition) is 6. The molecule has 1 aliphatic rings. The Balaban J connectivity index is 1.30. The minimum atomic E-state index is -4.13. The van der Waals surface area contributed by atoms with Gasteiger partial charge >= 0.3 is 0 Å². The number of piperidine rings is 1. The van der Waals surface area contributed by atoms with E-state index in [1.54, 1.807) is 24.3 Å². The number of rotatable bonds is 8. The van der Waals surface area contributed by atoms with Gasteiger partial charge in [-0.1, -0.05) is 108 Å². The van der Waals surface area contributed by atoms with Crippen LogP contribution in [0.1, 0.15) is 33.4 Å². The number of carbonyl (C=O) groups excluding carboxylic acids is 1. The molecule has 4 aromatic rings. The average molecular weight is 612 g/mol. The van der Waals surface area contributed by atoms with Crippen molar-refractivity contribution in [2.45, 2.75) is 34.1 Å². The lowest BCUT2D eigenvalue weighted by Gasteiger charge is -2.28. The number of nitrogens with one attached hydrogen (secondary N) is 1. The standard InChI is InChI=1S/C35H33NO5S2/c1-25-3-7-27(8-4-25)11-13-29-15-19-31(20-16-29)42(38,39)33-23-36-24-34(35(33)37)43(40,41)32-21-17-30(18-22-32)14-12-28-9-5-26(2)6-10-28/h3-22,33-34,36H,23-24H2,1-2H3/b13-11-,14-12-.